The second kappa shape index (κ2) is 3.73. The van der Waals surface area contributed by atoms with Crippen LogP contribution in [0, 0.1) is 28.6 Å². The normalized spacial score (nSPS) is 46.1. The second-order valence-corrected chi connectivity index (χ2v) is 8.01. The Bertz CT molecular complexity index is 267. The molecule has 16 heavy (non-hydrogen) atoms. The quantitative estimate of drug-likeness (QED) is 0.664. The highest BCUT2D eigenvalue weighted by atomic mass is 14.8. The van der Waals surface area contributed by atoms with Crippen molar-refractivity contribution in [2.45, 2.75) is 66.3 Å². The second-order valence-electron chi connectivity index (χ2n) is 8.01. The van der Waals surface area contributed by atoms with Gasteiger partial charge in [-0.3, -0.25) is 0 Å². The van der Waals surface area contributed by atoms with E-state index in [1.807, 2.05) is 0 Å². The minimum atomic E-state index is 0.477. The predicted octanol–water partition coefficient (Wildman–Crippen LogP) is 3.82. The topological polar surface area (TPSA) is 26.0 Å². The first kappa shape index (κ1) is 12.4. The van der Waals surface area contributed by atoms with Crippen LogP contribution in [0.3, 0.4) is 0 Å². The van der Waals surface area contributed by atoms with Crippen LogP contribution < -0.4 is 5.73 Å². The number of rotatable bonds is 0. The SMILES string of the molecule is C[C@@H]1C(N)C2CC(C)(C)CC(C)(C)CCC21. The van der Waals surface area contributed by atoms with Gasteiger partial charge in [0.2, 0.25) is 0 Å². The van der Waals surface area contributed by atoms with Crippen LogP contribution in [0.25, 0.3) is 0 Å². The van der Waals surface area contributed by atoms with E-state index in [4.69, 9.17) is 5.73 Å². The van der Waals surface area contributed by atoms with Gasteiger partial charge >= 0.3 is 0 Å². The molecular formula is C15H29N. The van der Waals surface area contributed by atoms with Crippen LogP contribution in [-0.2, 0) is 0 Å². The Labute approximate surface area is 101 Å². The fourth-order valence-corrected chi connectivity index (χ4v) is 4.62. The van der Waals surface area contributed by atoms with Crippen molar-refractivity contribution >= 4 is 0 Å². The molecule has 2 aliphatic carbocycles. The fourth-order valence-electron chi connectivity index (χ4n) is 4.62. The Balaban J connectivity index is 2.13. The van der Waals surface area contributed by atoms with E-state index < -0.39 is 0 Å². The lowest BCUT2D eigenvalue weighted by atomic mass is 9.52. The van der Waals surface area contributed by atoms with E-state index >= 15 is 0 Å². The lowest BCUT2D eigenvalue weighted by molar-refractivity contribution is -0.0279. The molecule has 0 saturated heterocycles. The molecule has 0 radical (unpaired) electrons. The summed E-state index contributed by atoms with van der Waals surface area (Å²) in [6.45, 7) is 12.1. The predicted molar refractivity (Wildman–Crippen MR) is 70.1 cm³/mol. The minimum absolute atomic E-state index is 0.477. The molecule has 0 amide bonds. The van der Waals surface area contributed by atoms with Crippen LogP contribution >= 0.6 is 0 Å². The van der Waals surface area contributed by atoms with Gasteiger partial charge in [-0.05, 0) is 54.3 Å². The zero-order valence-electron chi connectivity index (χ0n) is 11.7. The summed E-state index contributed by atoms with van der Waals surface area (Å²) in [6.07, 6.45) is 5.48. The molecule has 2 N–H and O–H groups in total. The lowest BCUT2D eigenvalue weighted by Crippen LogP contribution is -2.57. The van der Waals surface area contributed by atoms with E-state index in [1.54, 1.807) is 0 Å². The molecule has 0 aromatic heterocycles. The molecule has 3 unspecified atom stereocenters. The van der Waals surface area contributed by atoms with E-state index in [0.717, 1.165) is 17.8 Å². The molecule has 2 rings (SSSR count). The van der Waals surface area contributed by atoms with Gasteiger partial charge in [0.05, 0.1) is 0 Å². The van der Waals surface area contributed by atoms with Crippen LogP contribution in [0.1, 0.15) is 60.3 Å². The van der Waals surface area contributed by atoms with Crippen molar-refractivity contribution < 1.29 is 0 Å². The van der Waals surface area contributed by atoms with Crippen molar-refractivity contribution in [3.63, 3.8) is 0 Å². The minimum Gasteiger partial charge on any atom is -0.327 e. The summed E-state index contributed by atoms with van der Waals surface area (Å²) in [5.74, 6) is 2.48. The molecule has 2 saturated carbocycles. The van der Waals surface area contributed by atoms with Gasteiger partial charge in [-0.1, -0.05) is 34.6 Å². The van der Waals surface area contributed by atoms with E-state index in [0.29, 0.717) is 16.9 Å². The van der Waals surface area contributed by atoms with Crippen molar-refractivity contribution in [1.82, 2.24) is 0 Å². The smallest absolute Gasteiger partial charge is 0.00987 e. The van der Waals surface area contributed by atoms with Crippen molar-refractivity contribution in [3.05, 3.63) is 0 Å². The van der Waals surface area contributed by atoms with Gasteiger partial charge in [0.15, 0.2) is 0 Å². The zero-order chi connectivity index (χ0) is 12.1. The highest BCUT2D eigenvalue weighted by molar-refractivity contribution is 5.01. The van der Waals surface area contributed by atoms with Crippen molar-refractivity contribution in [2.24, 2.45) is 34.3 Å². The average molecular weight is 223 g/mol. The molecule has 94 valence electrons. The van der Waals surface area contributed by atoms with Crippen LogP contribution in [0.4, 0.5) is 0 Å². The van der Waals surface area contributed by atoms with Gasteiger partial charge in [0, 0.05) is 6.04 Å². The Morgan fingerprint density at radius 3 is 2.25 bits per heavy atom. The molecular weight excluding hydrogens is 194 g/mol. The maximum absolute atomic E-state index is 6.29. The van der Waals surface area contributed by atoms with E-state index in [9.17, 15) is 0 Å². The summed E-state index contributed by atoms with van der Waals surface area (Å²) < 4.78 is 0. The Morgan fingerprint density at radius 1 is 1.00 bits per heavy atom. The summed E-state index contributed by atoms with van der Waals surface area (Å²) in [5, 5.41) is 0. The maximum atomic E-state index is 6.29. The van der Waals surface area contributed by atoms with Gasteiger partial charge in [-0.2, -0.15) is 0 Å². The molecule has 4 atom stereocenters. The number of fused-ring (bicyclic) bond motifs is 1. The summed E-state index contributed by atoms with van der Waals surface area (Å²) in [4.78, 5) is 0. The van der Waals surface area contributed by atoms with E-state index in [2.05, 4.69) is 34.6 Å². The van der Waals surface area contributed by atoms with Crippen LogP contribution in [-0.4, -0.2) is 6.04 Å². The first-order valence-electron chi connectivity index (χ1n) is 6.97. The summed E-state index contributed by atoms with van der Waals surface area (Å²) >= 11 is 0. The highest BCUT2D eigenvalue weighted by Gasteiger charge is 2.49. The van der Waals surface area contributed by atoms with Gasteiger partial charge in [-0.15, -0.1) is 0 Å². The number of hydrogen-bond acceptors (Lipinski definition) is 1. The molecule has 1 heteroatoms. The van der Waals surface area contributed by atoms with E-state index in [-0.39, 0.29) is 0 Å². The van der Waals surface area contributed by atoms with Crippen LogP contribution in [0.5, 0.6) is 0 Å². The third-order valence-electron chi connectivity index (χ3n) is 5.23. The molecule has 0 aromatic carbocycles. The Kier molecular flexibility index (Phi) is 2.89. The molecule has 2 fully saturated rings. The number of hydrogen-bond donors (Lipinski definition) is 1. The number of nitrogens with two attached hydrogens (primary N) is 1. The van der Waals surface area contributed by atoms with Gasteiger partial charge in [0.1, 0.15) is 0 Å². The van der Waals surface area contributed by atoms with Crippen molar-refractivity contribution in [2.75, 3.05) is 0 Å². The summed E-state index contributed by atoms with van der Waals surface area (Å²) in [6, 6.07) is 0.477. The highest BCUT2D eigenvalue weighted by Crippen LogP contribution is 2.53. The molecule has 0 aliphatic heterocycles. The van der Waals surface area contributed by atoms with Gasteiger partial charge in [-0.25, -0.2) is 0 Å². The molecule has 0 heterocycles. The third kappa shape index (κ3) is 2.16. The first-order chi connectivity index (χ1) is 7.22. The van der Waals surface area contributed by atoms with Gasteiger partial charge < -0.3 is 5.73 Å². The molecule has 2 aliphatic rings. The standard InChI is InChI=1S/C15H29N/c1-10-11-6-7-14(2,3)9-15(4,5)8-12(11)13(10)16/h10-13H,6-9,16H2,1-5H3/t10-,11?,12?,13?/m0/s1. The Hall–Kier alpha value is -0.0400. The van der Waals surface area contributed by atoms with Gasteiger partial charge in [0.25, 0.3) is 0 Å². The van der Waals surface area contributed by atoms with E-state index in [1.165, 1.54) is 25.7 Å². The fraction of sp³-hybridized carbons (Fsp3) is 1.00. The van der Waals surface area contributed by atoms with Crippen molar-refractivity contribution in [1.29, 1.82) is 0 Å². The molecule has 1 nitrogen and oxygen atoms in total. The third-order valence-corrected chi connectivity index (χ3v) is 5.23. The van der Waals surface area contributed by atoms with Crippen LogP contribution in [0.15, 0.2) is 0 Å². The average Bonchev–Trinajstić information content (AvgIpc) is 2.12. The Morgan fingerprint density at radius 2 is 1.62 bits per heavy atom. The lowest BCUT2D eigenvalue weighted by Gasteiger charge is -2.55. The molecule has 0 bridgehead atoms. The largest absolute Gasteiger partial charge is 0.327 e. The molecule has 0 aromatic rings. The maximum Gasteiger partial charge on any atom is 0.00987 e. The monoisotopic (exact) mass is 223 g/mol. The first-order valence-corrected chi connectivity index (χ1v) is 6.97. The van der Waals surface area contributed by atoms with Crippen molar-refractivity contribution in [3.8, 4) is 0 Å². The summed E-state index contributed by atoms with van der Waals surface area (Å²) in [7, 11) is 0. The zero-order valence-corrected chi connectivity index (χ0v) is 11.7. The molecule has 0 spiro atoms. The van der Waals surface area contributed by atoms with Crippen LogP contribution in [0.2, 0.25) is 0 Å². The summed E-state index contributed by atoms with van der Waals surface area (Å²) in [5.41, 5.74) is 7.28.